The van der Waals surface area contributed by atoms with Crippen LogP contribution in [0.5, 0.6) is 0 Å². The lowest BCUT2D eigenvalue weighted by Crippen LogP contribution is -2.44. The Balaban J connectivity index is 2.03. The van der Waals surface area contributed by atoms with E-state index in [0.29, 0.717) is 39.3 Å². The molecule has 7 nitrogen and oxygen atoms in total. The normalized spacial score (nSPS) is 18.2. The van der Waals surface area contributed by atoms with Gasteiger partial charge in [0.1, 0.15) is 0 Å². The molecule has 0 bridgehead atoms. The van der Waals surface area contributed by atoms with Gasteiger partial charge in [-0.15, -0.1) is 0 Å². The van der Waals surface area contributed by atoms with E-state index >= 15 is 0 Å². The predicted molar refractivity (Wildman–Crippen MR) is 94.6 cm³/mol. The van der Waals surface area contributed by atoms with Crippen molar-refractivity contribution >= 4 is 19.2 Å². The second kappa shape index (κ2) is 10.5. The van der Waals surface area contributed by atoms with Crippen LogP contribution in [0.3, 0.4) is 0 Å². The average molecular weight is 346 g/mol. The Kier molecular flexibility index (Phi) is 7.91. The molecule has 0 spiro atoms. The van der Waals surface area contributed by atoms with Crippen molar-refractivity contribution in [3.05, 3.63) is 35.9 Å². The third-order valence-electron chi connectivity index (χ3n) is 4.45. The molecule has 0 aliphatic carbocycles. The number of carbonyl (C=O) groups is 3. The first-order valence-corrected chi connectivity index (χ1v) is 8.59. The molecule has 1 fully saturated rings. The topological polar surface area (TPSA) is 64.2 Å². The van der Waals surface area contributed by atoms with Crippen molar-refractivity contribution < 1.29 is 14.4 Å². The predicted octanol–water partition coefficient (Wildman–Crippen LogP) is -0.123. The monoisotopic (exact) mass is 346 g/mol. The zero-order valence-electron chi connectivity index (χ0n) is 14.5. The zero-order chi connectivity index (χ0) is 17.9. The quantitative estimate of drug-likeness (QED) is 0.697. The van der Waals surface area contributed by atoms with Crippen molar-refractivity contribution in [2.45, 2.75) is 6.54 Å². The fourth-order valence-electron chi connectivity index (χ4n) is 2.82. The number of nitrogens with zero attached hydrogens (tertiary/aromatic N) is 4. The fourth-order valence-corrected chi connectivity index (χ4v) is 2.82. The molecule has 1 aromatic rings. The van der Waals surface area contributed by atoms with Crippen LogP contribution >= 0.6 is 0 Å². The lowest BCUT2D eigenvalue weighted by atomic mass is 10.2. The van der Waals surface area contributed by atoms with Gasteiger partial charge in [0.25, 0.3) is 0 Å². The molecule has 1 heterocycles. The van der Waals surface area contributed by atoms with E-state index in [1.807, 2.05) is 18.2 Å². The Morgan fingerprint density at radius 3 is 1.44 bits per heavy atom. The minimum absolute atomic E-state index is 0.480. The highest BCUT2D eigenvalue weighted by atomic mass is 16.1. The number of amides is 3. The summed E-state index contributed by atoms with van der Waals surface area (Å²) >= 11 is 0. The van der Waals surface area contributed by atoms with Crippen molar-refractivity contribution in [1.29, 1.82) is 0 Å². The van der Waals surface area contributed by atoms with Gasteiger partial charge >= 0.3 is 0 Å². The molecule has 0 aromatic heterocycles. The van der Waals surface area contributed by atoms with Crippen LogP contribution in [0.25, 0.3) is 0 Å². The number of rotatable bonds is 5. The summed E-state index contributed by atoms with van der Waals surface area (Å²) in [6.07, 6.45) is 2.46. The maximum Gasteiger partial charge on any atom is 0.209 e. The first-order chi connectivity index (χ1) is 12.2. The Morgan fingerprint density at radius 1 is 0.640 bits per heavy atom. The van der Waals surface area contributed by atoms with Crippen LogP contribution in [0.15, 0.2) is 30.3 Å². The van der Waals surface area contributed by atoms with Gasteiger partial charge in [0.15, 0.2) is 0 Å². The van der Waals surface area contributed by atoms with Crippen molar-refractivity contribution in [1.82, 2.24) is 19.6 Å². The minimum atomic E-state index is 0.480. The van der Waals surface area contributed by atoms with E-state index in [4.69, 9.17) is 0 Å². The van der Waals surface area contributed by atoms with Gasteiger partial charge in [0.05, 0.1) is 0 Å². The largest absolute Gasteiger partial charge is 0.342 e. The number of carbonyl (C=O) groups excluding carboxylic acids is 3. The third kappa shape index (κ3) is 6.54. The van der Waals surface area contributed by atoms with Crippen molar-refractivity contribution in [2.24, 2.45) is 0 Å². The molecule has 7 heteroatoms. The molecule has 0 unspecified atom stereocenters. The Labute approximate surface area is 148 Å². The standard InChI is InChI=1S/C18H26N4O3/c23-15-20-8-6-19(14-18-4-2-1-3-5-18)7-9-21(16-24)11-13-22(17-25)12-10-20/h1-5,15-17H,6-14H2. The smallest absolute Gasteiger partial charge is 0.209 e. The third-order valence-corrected chi connectivity index (χ3v) is 4.45. The van der Waals surface area contributed by atoms with E-state index in [1.165, 1.54) is 5.56 Å². The van der Waals surface area contributed by atoms with Gasteiger partial charge in [-0.2, -0.15) is 0 Å². The minimum Gasteiger partial charge on any atom is -0.342 e. The van der Waals surface area contributed by atoms with Crippen molar-refractivity contribution in [3.63, 3.8) is 0 Å². The van der Waals surface area contributed by atoms with Gasteiger partial charge in [-0.1, -0.05) is 30.3 Å². The highest BCUT2D eigenvalue weighted by molar-refractivity contribution is 5.49. The van der Waals surface area contributed by atoms with Gasteiger partial charge in [0.2, 0.25) is 19.2 Å². The summed E-state index contributed by atoms with van der Waals surface area (Å²) in [4.78, 5) is 41.0. The summed E-state index contributed by atoms with van der Waals surface area (Å²) in [6, 6.07) is 10.2. The Morgan fingerprint density at radius 2 is 1.04 bits per heavy atom. The van der Waals surface area contributed by atoms with E-state index in [0.717, 1.165) is 38.9 Å². The second-order valence-electron chi connectivity index (χ2n) is 6.19. The maximum absolute atomic E-state index is 11.3. The summed E-state index contributed by atoms with van der Waals surface area (Å²) in [6.45, 7) is 5.39. The molecule has 0 saturated carbocycles. The van der Waals surface area contributed by atoms with Crippen LogP contribution in [-0.2, 0) is 20.9 Å². The van der Waals surface area contributed by atoms with E-state index in [-0.39, 0.29) is 0 Å². The molecule has 1 aromatic carbocycles. The molecule has 2 rings (SSSR count). The van der Waals surface area contributed by atoms with Crippen LogP contribution in [0.4, 0.5) is 0 Å². The van der Waals surface area contributed by atoms with Crippen molar-refractivity contribution in [3.8, 4) is 0 Å². The van der Waals surface area contributed by atoms with Crippen LogP contribution in [0.2, 0.25) is 0 Å². The number of benzene rings is 1. The zero-order valence-corrected chi connectivity index (χ0v) is 14.5. The molecule has 25 heavy (non-hydrogen) atoms. The molecular formula is C18H26N4O3. The highest BCUT2D eigenvalue weighted by Gasteiger charge is 2.14. The average Bonchev–Trinajstić information content (AvgIpc) is 2.65. The van der Waals surface area contributed by atoms with Crippen molar-refractivity contribution in [2.75, 3.05) is 52.4 Å². The van der Waals surface area contributed by atoms with Gasteiger partial charge in [-0.3, -0.25) is 19.3 Å². The Hall–Kier alpha value is -2.41. The lowest BCUT2D eigenvalue weighted by molar-refractivity contribution is -0.123. The van der Waals surface area contributed by atoms with Crippen LogP contribution in [0.1, 0.15) is 5.56 Å². The first kappa shape index (κ1) is 18.9. The molecule has 0 N–H and O–H groups in total. The first-order valence-electron chi connectivity index (χ1n) is 8.59. The van der Waals surface area contributed by atoms with E-state index in [1.54, 1.807) is 14.7 Å². The molecular weight excluding hydrogens is 320 g/mol. The Bertz CT molecular complexity index is 516. The number of hydrogen-bond acceptors (Lipinski definition) is 4. The van der Waals surface area contributed by atoms with Gasteiger partial charge < -0.3 is 14.7 Å². The van der Waals surface area contributed by atoms with Crippen LogP contribution < -0.4 is 0 Å². The SMILES string of the molecule is O=CN1CCN(C=O)CCN(Cc2ccccc2)CCN(C=O)CC1. The molecule has 3 amide bonds. The second-order valence-corrected chi connectivity index (χ2v) is 6.19. The summed E-state index contributed by atoms with van der Waals surface area (Å²) < 4.78 is 0. The van der Waals surface area contributed by atoms with Gasteiger partial charge in [-0.05, 0) is 5.56 Å². The highest BCUT2D eigenvalue weighted by Crippen LogP contribution is 2.05. The molecule has 0 atom stereocenters. The van der Waals surface area contributed by atoms with E-state index in [9.17, 15) is 14.4 Å². The molecule has 136 valence electrons. The molecule has 0 radical (unpaired) electrons. The lowest BCUT2D eigenvalue weighted by Gasteiger charge is -2.31. The summed E-state index contributed by atoms with van der Waals surface area (Å²) in [5.74, 6) is 0. The van der Waals surface area contributed by atoms with Gasteiger partial charge in [0, 0.05) is 58.9 Å². The van der Waals surface area contributed by atoms with Gasteiger partial charge in [-0.25, -0.2) is 0 Å². The van der Waals surface area contributed by atoms with E-state index < -0.39 is 0 Å². The maximum atomic E-state index is 11.3. The van der Waals surface area contributed by atoms with Crippen LogP contribution in [-0.4, -0.2) is 91.2 Å². The molecule has 1 saturated heterocycles. The summed E-state index contributed by atoms with van der Waals surface area (Å²) in [7, 11) is 0. The number of hydrogen-bond donors (Lipinski definition) is 0. The summed E-state index contributed by atoms with van der Waals surface area (Å²) in [5, 5.41) is 0. The van der Waals surface area contributed by atoms with E-state index in [2.05, 4.69) is 17.0 Å². The van der Waals surface area contributed by atoms with Crippen LogP contribution in [0, 0.1) is 0 Å². The molecule has 1 aliphatic rings. The summed E-state index contributed by atoms with van der Waals surface area (Å²) in [5.41, 5.74) is 1.21. The fraction of sp³-hybridized carbons (Fsp3) is 0.500. The molecule has 1 aliphatic heterocycles.